The molecule has 2 aromatic rings. The first kappa shape index (κ1) is 14.3. The second-order valence-corrected chi connectivity index (χ2v) is 4.54. The maximum absolute atomic E-state index is 12.5. The van der Waals surface area contributed by atoms with Gasteiger partial charge in [0.2, 0.25) is 0 Å². The van der Waals surface area contributed by atoms with Crippen molar-refractivity contribution in [2.75, 3.05) is 32.5 Å². The topological polar surface area (TPSA) is 68.5 Å². The number of nitrogens with zero attached hydrogens (tertiary/aromatic N) is 2. The van der Waals surface area contributed by atoms with E-state index in [9.17, 15) is 4.79 Å². The number of aromatic nitrogens is 1. The molecule has 5 nitrogen and oxygen atoms in total. The Labute approximate surface area is 118 Å². The van der Waals surface area contributed by atoms with Gasteiger partial charge in [0.15, 0.2) is 0 Å². The minimum absolute atomic E-state index is 0.0741. The van der Waals surface area contributed by atoms with E-state index in [1.807, 2.05) is 31.2 Å². The number of carbonyl (C=O) groups is 1. The van der Waals surface area contributed by atoms with Crippen molar-refractivity contribution in [3.63, 3.8) is 0 Å². The Morgan fingerprint density at radius 1 is 1.40 bits per heavy atom. The highest BCUT2D eigenvalue weighted by molar-refractivity contribution is 6.06. The minimum Gasteiger partial charge on any atom is -0.384 e. The lowest BCUT2D eigenvalue weighted by Crippen LogP contribution is -2.30. The number of benzene rings is 1. The van der Waals surface area contributed by atoms with Gasteiger partial charge >= 0.3 is 0 Å². The van der Waals surface area contributed by atoms with Crippen LogP contribution in [0.4, 0.5) is 5.82 Å². The Morgan fingerprint density at radius 2 is 2.15 bits per heavy atom. The Morgan fingerprint density at radius 3 is 2.90 bits per heavy atom. The molecule has 0 fully saturated rings. The summed E-state index contributed by atoms with van der Waals surface area (Å²) in [5.41, 5.74) is 7.08. The predicted molar refractivity (Wildman–Crippen MR) is 79.6 cm³/mol. The van der Waals surface area contributed by atoms with E-state index in [1.165, 1.54) is 0 Å². The van der Waals surface area contributed by atoms with E-state index in [-0.39, 0.29) is 5.91 Å². The summed E-state index contributed by atoms with van der Waals surface area (Å²) in [4.78, 5) is 18.4. The third-order valence-corrected chi connectivity index (χ3v) is 3.09. The van der Waals surface area contributed by atoms with Crippen molar-refractivity contribution < 1.29 is 9.53 Å². The van der Waals surface area contributed by atoms with Crippen LogP contribution < -0.4 is 5.73 Å². The molecule has 0 aliphatic heterocycles. The highest BCUT2D eigenvalue weighted by atomic mass is 16.5. The van der Waals surface area contributed by atoms with Crippen LogP contribution in [0.3, 0.4) is 0 Å². The lowest BCUT2D eigenvalue weighted by Gasteiger charge is -2.18. The number of hydrogen-bond donors (Lipinski definition) is 1. The largest absolute Gasteiger partial charge is 0.384 e. The lowest BCUT2D eigenvalue weighted by molar-refractivity contribution is 0.0711. The number of amides is 1. The van der Waals surface area contributed by atoms with Crippen LogP contribution in [0.2, 0.25) is 0 Å². The van der Waals surface area contributed by atoms with E-state index in [2.05, 4.69) is 4.98 Å². The van der Waals surface area contributed by atoms with Crippen molar-refractivity contribution in [2.45, 2.75) is 6.92 Å². The Kier molecular flexibility index (Phi) is 4.53. The molecule has 1 aromatic heterocycles. The molecule has 2 rings (SSSR count). The summed E-state index contributed by atoms with van der Waals surface area (Å²) in [5, 5.41) is 0.815. The van der Waals surface area contributed by atoms with Gasteiger partial charge in [0.1, 0.15) is 5.82 Å². The van der Waals surface area contributed by atoms with Crippen LogP contribution in [0, 0.1) is 0 Å². The van der Waals surface area contributed by atoms with Crippen LogP contribution in [0.25, 0.3) is 10.9 Å². The number of rotatable bonds is 5. The highest BCUT2D eigenvalue weighted by Gasteiger charge is 2.15. The molecule has 1 heterocycles. The fourth-order valence-electron chi connectivity index (χ4n) is 2.03. The molecule has 20 heavy (non-hydrogen) atoms. The Hall–Kier alpha value is -2.14. The van der Waals surface area contributed by atoms with E-state index in [0.29, 0.717) is 31.1 Å². The van der Waals surface area contributed by atoms with E-state index in [0.717, 1.165) is 10.9 Å². The normalized spacial score (nSPS) is 10.7. The number of fused-ring (bicyclic) bond motifs is 1. The smallest absolute Gasteiger partial charge is 0.254 e. The summed E-state index contributed by atoms with van der Waals surface area (Å²) >= 11 is 0. The maximum atomic E-state index is 12.5. The van der Waals surface area contributed by atoms with Gasteiger partial charge < -0.3 is 15.4 Å². The standard InChI is InChI=1S/C15H19N3O2/c1-3-20-9-8-18(2)15(19)12-10-14(16)17-13-7-5-4-6-11(12)13/h4-7,10H,3,8-9H2,1-2H3,(H2,16,17). The van der Waals surface area contributed by atoms with Crippen LogP contribution in [0.5, 0.6) is 0 Å². The highest BCUT2D eigenvalue weighted by Crippen LogP contribution is 2.20. The molecule has 0 bridgehead atoms. The molecular formula is C15H19N3O2. The minimum atomic E-state index is -0.0741. The zero-order chi connectivity index (χ0) is 14.5. The third-order valence-electron chi connectivity index (χ3n) is 3.09. The molecule has 106 valence electrons. The first-order chi connectivity index (χ1) is 9.63. The fourth-order valence-corrected chi connectivity index (χ4v) is 2.03. The van der Waals surface area contributed by atoms with Crippen molar-refractivity contribution in [1.29, 1.82) is 0 Å². The van der Waals surface area contributed by atoms with E-state index in [4.69, 9.17) is 10.5 Å². The van der Waals surface area contributed by atoms with Crippen LogP contribution >= 0.6 is 0 Å². The van der Waals surface area contributed by atoms with Gasteiger partial charge in [-0.3, -0.25) is 4.79 Å². The molecule has 0 unspecified atom stereocenters. The number of ether oxygens (including phenoxy) is 1. The molecule has 0 atom stereocenters. The zero-order valence-corrected chi connectivity index (χ0v) is 11.8. The van der Waals surface area contributed by atoms with Crippen molar-refractivity contribution in [1.82, 2.24) is 9.88 Å². The maximum Gasteiger partial charge on any atom is 0.254 e. The number of para-hydroxylation sites is 1. The average Bonchev–Trinajstić information content (AvgIpc) is 2.45. The molecule has 5 heteroatoms. The van der Waals surface area contributed by atoms with Gasteiger partial charge in [-0.05, 0) is 19.1 Å². The van der Waals surface area contributed by atoms with Crippen LogP contribution in [-0.2, 0) is 4.74 Å². The molecule has 2 N–H and O–H groups in total. The summed E-state index contributed by atoms with van der Waals surface area (Å²) in [7, 11) is 1.76. The van der Waals surface area contributed by atoms with Gasteiger partial charge in [0.05, 0.1) is 17.7 Å². The molecule has 1 aromatic carbocycles. The van der Waals surface area contributed by atoms with E-state index < -0.39 is 0 Å². The lowest BCUT2D eigenvalue weighted by atomic mass is 10.1. The van der Waals surface area contributed by atoms with Gasteiger partial charge in [0, 0.05) is 25.6 Å². The van der Waals surface area contributed by atoms with E-state index in [1.54, 1.807) is 18.0 Å². The van der Waals surface area contributed by atoms with Crippen LogP contribution in [-0.4, -0.2) is 42.6 Å². The van der Waals surface area contributed by atoms with Crippen LogP contribution in [0.1, 0.15) is 17.3 Å². The van der Waals surface area contributed by atoms with Gasteiger partial charge in [-0.1, -0.05) is 18.2 Å². The van der Waals surface area contributed by atoms with Crippen molar-refractivity contribution >= 4 is 22.6 Å². The number of likely N-dealkylation sites (N-methyl/N-ethyl adjacent to an activating group) is 1. The van der Waals surface area contributed by atoms with Gasteiger partial charge in [-0.2, -0.15) is 0 Å². The van der Waals surface area contributed by atoms with Crippen molar-refractivity contribution in [3.05, 3.63) is 35.9 Å². The third kappa shape index (κ3) is 3.05. The monoisotopic (exact) mass is 273 g/mol. The molecule has 0 spiro atoms. The first-order valence-corrected chi connectivity index (χ1v) is 6.62. The van der Waals surface area contributed by atoms with E-state index >= 15 is 0 Å². The number of nitrogen functional groups attached to an aromatic ring is 1. The number of pyridine rings is 1. The molecule has 0 saturated carbocycles. The zero-order valence-electron chi connectivity index (χ0n) is 11.8. The summed E-state index contributed by atoms with van der Waals surface area (Å²) in [5.74, 6) is 0.278. The van der Waals surface area contributed by atoms with Crippen molar-refractivity contribution in [2.24, 2.45) is 0 Å². The first-order valence-electron chi connectivity index (χ1n) is 6.62. The number of hydrogen-bond acceptors (Lipinski definition) is 4. The molecule has 0 aliphatic rings. The molecule has 0 radical (unpaired) electrons. The Bertz CT molecular complexity index is 613. The predicted octanol–water partition coefficient (Wildman–Crippen LogP) is 1.93. The number of carbonyl (C=O) groups excluding carboxylic acids is 1. The SMILES string of the molecule is CCOCCN(C)C(=O)c1cc(N)nc2ccccc12. The quantitative estimate of drug-likeness (QED) is 0.845. The average molecular weight is 273 g/mol. The summed E-state index contributed by atoms with van der Waals surface area (Å²) in [6.45, 7) is 3.65. The fraction of sp³-hybridized carbons (Fsp3) is 0.333. The summed E-state index contributed by atoms with van der Waals surface area (Å²) < 4.78 is 5.27. The number of nitrogens with two attached hydrogens (primary N) is 1. The second-order valence-electron chi connectivity index (χ2n) is 4.54. The summed E-state index contributed by atoms with van der Waals surface area (Å²) in [6, 6.07) is 9.12. The van der Waals surface area contributed by atoms with Crippen molar-refractivity contribution in [3.8, 4) is 0 Å². The molecule has 0 saturated heterocycles. The van der Waals surface area contributed by atoms with Gasteiger partial charge in [-0.25, -0.2) is 4.98 Å². The van der Waals surface area contributed by atoms with Crippen LogP contribution in [0.15, 0.2) is 30.3 Å². The molecule has 0 aliphatic carbocycles. The number of anilines is 1. The Balaban J connectivity index is 2.29. The molecule has 1 amide bonds. The van der Waals surface area contributed by atoms with Gasteiger partial charge in [-0.15, -0.1) is 0 Å². The molecular weight excluding hydrogens is 254 g/mol. The van der Waals surface area contributed by atoms with Gasteiger partial charge in [0.25, 0.3) is 5.91 Å². The summed E-state index contributed by atoms with van der Waals surface area (Å²) in [6.07, 6.45) is 0. The second kappa shape index (κ2) is 6.34.